The molecule has 1 aromatic heterocycles. The van der Waals surface area contributed by atoms with Crippen molar-refractivity contribution in [2.24, 2.45) is 0 Å². The van der Waals surface area contributed by atoms with Crippen molar-refractivity contribution < 1.29 is 9.59 Å². The summed E-state index contributed by atoms with van der Waals surface area (Å²) in [6.45, 7) is 2.38. The number of amides is 1. The molecule has 0 spiro atoms. The van der Waals surface area contributed by atoms with Crippen molar-refractivity contribution in [1.82, 2.24) is 10.3 Å². The Labute approximate surface area is 79.0 Å². The fourth-order valence-corrected chi connectivity index (χ4v) is 1.89. The third-order valence-electron chi connectivity index (χ3n) is 1.41. The van der Waals surface area contributed by atoms with Crippen molar-refractivity contribution in [1.29, 1.82) is 0 Å². The molecule has 1 atom stereocenters. The van der Waals surface area contributed by atoms with Gasteiger partial charge < -0.3 is 5.32 Å². The van der Waals surface area contributed by atoms with Crippen molar-refractivity contribution >= 4 is 21.5 Å². The molecule has 0 aliphatic heterocycles. The molecule has 1 rings (SSSR count). The van der Waals surface area contributed by atoms with E-state index >= 15 is 0 Å². The lowest BCUT2D eigenvalue weighted by molar-refractivity contribution is -0.120. The molecule has 0 fully saturated rings. The van der Waals surface area contributed by atoms with Crippen molar-refractivity contribution in [2.45, 2.75) is 13.3 Å². The Kier molecular flexibility index (Phi) is 3.57. The Morgan fingerprint density at radius 3 is 2.85 bits per heavy atom. The van der Waals surface area contributed by atoms with E-state index < -0.39 is 10.5 Å². The van der Waals surface area contributed by atoms with Crippen LogP contribution >= 0.6 is 10.5 Å². The van der Waals surface area contributed by atoms with Gasteiger partial charge >= 0.3 is 5.12 Å². The lowest BCUT2D eigenvalue weighted by Crippen LogP contribution is -2.24. The van der Waals surface area contributed by atoms with Crippen LogP contribution in [0.4, 0.5) is 0 Å². The first-order chi connectivity index (χ1) is 6.24. The van der Waals surface area contributed by atoms with Crippen molar-refractivity contribution in [3.8, 4) is 0 Å². The molecule has 0 saturated heterocycles. The van der Waals surface area contributed by atoms with Crippen molar-refractivity contribution in [2.75, 3.05) is 6.54 Å². The van der Waals surface area contributed by atoms with Crippen LogP contribution in [0.5, 0.6) is 0 Å². The molecule has 0 bridgehead atoms. The number of carbonyl (C=O) groups excluding carboxylic acids is 2. The summed E-state index contributed by atoms with van der Waals surface area (Å²) < 4.78 is 0. The molecule has 1 aromatic rings. The van der Waals surface area contributed by atoms with E-state index in [4.69, 9.17) is 0 Å². The van der Waals surface area contributed by atoms with E-state index in [0.717, 1.165) is 0 Å². The van der Waals surface area contributed by atoms with Crippen molar-refractivity contribution in [3.63, 3.8) is 0 Å². The molecule has 0 radical (unpaired) electrons. The minimum atomic E-state index is -0.568. The van der Waals surface area contributed by atoms with E-state index in [1.54, 1.807) is 17.1 Å². The van der Waals surface area contributed by atoms with Gasteiger partial charge in [0.1, 0.15) is 6.42 Å². The van der Waals surface area contributed by atoms with E-state index in [0.29, 0.717) is 6.54 Å². The van der Waals surface area contributed by atoms with Crippen LogP contribution < -0.4 is 5.32 Å². The normalized spacial score (nSPS) is 11.0. The number of hydrogen-bond acceptors (Lipinski definition) is 3. The molecular weight excluding hydrogens is 188 g/mol. The summed E-state index contributed by atoms with van der Waals surface area (Å²) in [6, 6.07) is 0. The van der Waals surface area contributed by atoms with Gasteiger partial charge in [-0.15, -0.1) is 0 Å². The van der Waals surface area contributed by atoms with E-state index in [-0.39, 0.29) is 17.4 Å². The number of nitrogens with zero attached hydrogens (tertiary/aromatic N) is 1. The minimum absolute atomic E-state index is 0.0483. The lowest BCUT2D eigenvalue weighted by atomic mass is 10.4. The zero-order chi connectivity index (χ0) is 9.68. The van der Waals surface area contributed by atoms with Crippen LogP contribution in [0.3, 0.4) is 0 Å². The highest BCUT2D eigenvalue weighted by Gasteiger charge is 2.19. The SMILES string of the molecule is CCNC(=O)CC(=O)[s+]1ccnc1. The molecule has 1 amide bonds. The van der Waals surface area contributed by atoms with E-state index in [1.165, 1.54) is 0 Å². The summed E-state index contributed by atoms with van der Waals surface area (Å²) in [4.78, 5) is 26.1. The molecule has 0 saturated carbocycles. The second-order valence-electron chi connectivity index (χ2n) is 2.41. The van der Waals surface area contributed by atoms with Crippen LogP contribution in [0.15, 0.2) is 17.1 Å². The van der Waals surface area contributed by atoms with Gasteiger partial charge in [0.2, 0.25) is 11.4 Å². The fraction of sp³-hybridized carbons (Fsp3) is 0.375. The quantitative estimate of drug-likeness (QED) is 0.581. The van der Waals surface area contributed by atoms with Gasteiger partial charge in [0, 0.05) is 6.54 Å². The number of nitrogens with one attached hydrogen (secondary N) is 1. The molecule has 0 aliphatic rings. The number of carbonyl (C=O) groups is 2. The van der Waals surface area contributed by atoms with Gasteiger partial charge in [-0.3, -0.25) is 4.79 Å². The summed E-state index contributed by atoms with van der Waals surface area (Å²) >= 11 is 0. The Morgan fingerprint density at radius 1 is 1.54 bits per heavy atom. The number of thiazole rings is 1. The average Bonchev–Trinajstić information content (AvgIpc) is 2.55. The van der Waals surface area contributed by atoms with Gasteiger partial charge in [-0.2, -0.15) is 0 Å². The van der Waals surface area contributed by atoms with Gasteiger partial charge in [-0.05, 0) is 6.92 Å². The first kappa shape index (κ1) is 9.85. The average molecular weight is 199 g/mol. The largest absolute Gasteiger partial charge is 0.366 e. The topological polar surface area (TPSA) is 59.1 Å². The molecule has 0 aromatic carbocycles. The maximum absolute atomic E-state index is 11.3. The lowest BCUT2D eigenvalue weighted by Gasteiger charge is -1.95. The van der Waals surface area contributed by atoms with Crippen LogP contribution in [-0.4, -0.2) is 22.6 Å². The zero-order valence-corrected chi connectivity index (χ0v) is 8.13. The Hall–Kier alpha value is -1.23. The molecule has 5 heteroatoms. The predicted molar refractivity (Wildman–Crippen MR) is 50.6 cm³/mol. The Bertz CT molecular complexity index is 295. The molecule has 1 heterocycles. The first-order valence-corrected chi connectivity index (χ1v) is 5.30. The predicted octanol–water partition coefficient (Wildman–Crippen LogP) is 0.997. The number of rotatable bonds is 4. The third kappa shape index (κ3) is 2.95. The molecule has 13 heavy (non-hydrogen) atoms. The van der Waals surface area contributed by atoms with Crippen LogP contribution in [0.25, 0.3) is 0 Å². The summed E-state index contributed by atoms with van der Waals surface area (Å²) in [5.74, 6) is -0.214. The summed E-state index contributed by atoms with van der Waals surface area (Å²) in [5.41, 5.74) is 1.57. The van der Waals surface area contributed by atoms with Gasteiger partial charge in [-0.25, -0.2) is 9.78 Å². The smallest absolute Gasteiger partial charge is 0.356 e. The van der Waals surface area contributed by atoms with Crippen LogP contribution in [0, 0.1) is 0 Å². The highest BCUT2D eigenvalue weighted by atomic mass is 32.2. The van der Waals surface area contributed by atoms with Gasteiger partial charge in [0.15, 0.2) is 5.38 Å². The fourth-order valence-electron chi connectivity index (χ4n) is 0.845. The first-order valence-electron chi connectivity index (χ1n) is 3.95. The molecule has 1 N–H and O–H groups in total. The summed E-state index contributed by atoms with van der Waals surface area (Å²) in [5, 5.41) is 4.21. The number of hydrogen-bond donors (Lipinski definition) is 1. The highest BCUT2D eigenvalue weighted by Crippen LogP contribution is 2.16. The van der Waals surface area contributed by atoms with Gasteiger partial charge in [-0.1, -0.05) is 0 Å². The molecule has 4 nitrogen and oxygen atoms in total. The van der Waals surface area contributed by atoms with Gasteiger partial charge in [0.25, 0.3) is 0 Å². The second-order valence-corrected chi connectivity index (χ2v) is 4.10. The summed E-state index contributed by atoms with van der Waals surface area (Å²) in [7, 11) is -0.568. The Morgan fingerprint density at radius 2 is 2.31 bits per heavy atom. The van der Waals surface area contributed by atoms with Gasteiger partial charge in [0.05, 0.1) is 16.7 Å². The molecular formula is C8H11N2O2S+. The molecule has 0 aliphatic carbocycles. The zero-order valence-electron chi connectivity index (χ0n) is 7.32. The maximum Gasteiger partial charge on any atom is 0.366 e. The Balaban J connectivity index is 2.47. The molecule has 1 unspecified atom stereocenters. The second kappa shape index (κ2) is 4.71. The summed E-state index contributed by atoms with van der Waals surface area (Å²) in [6.07, 6.45) is 1.53. The van der Waals surface area contributed by atoms with E-state index in [2.05, 4.69) is 10.3 Å². The van der Waals surface area contributed by atoms with Crippen LogP contribution in [0.1, 0.15) is 18.1 Å². The van der Waals surface area contributed by atoms with Crippen molar-refractivity contribution in [3.05, 3.63) is 17.1 Å². The molecule has 70 valence electrons. The monoisotopic (exact) mass is 199 g/mol. The van der Waals surface area contributed by atoms with Crippen LogP contribution in [0.2, 0.25) is 0 Å². The third-order valence-corrected chi connectivity index (χ3v) is 2.84. The highest BCUT2D eigenvalue weighted by molar-refractivity contribution is 7.49. The number of aromatic nitrogens is 1. The maximum atomic E-state index is 11.3. The standard InChI is InChI=1S/C8H10N2O2S/c1-2-10-7(11)5-8(12)13-4-3-9-6-13/h3-4,6H,2,5H2,1H3/p+1. The van der Waals surface area contributed by atoms with E-state index in [1.807, 2.05) is 6.92 Å². The minimum Gasteiger partial charge on any atom is -0.356 e. The van der Waals surface area contributed by atoms with E-state index in [9.17, 15) is 9.59 Å². The van der Waals surface area contributed by atoms with Crippen LogP contribution in [-0.2, 0) is 4.79 Å².